The normalized spacial score (nSPS) is 17.1. The second-order valence-corrected chi connectivity index (χ2v) is 6.39. The molecule has 0 saturated heterocycles. The third-order valence-corrected chi connectivity index (χ3v) is 4.79. The highest BCUT2D eigenvalue weighted by molar-refractivity contribution is 5.91. The molecule has 1 amide bonds. The summed E-state index contributed by atoms with van der Waals surface area (Å²) in [6.45, 7) is 6.46. The van der Waals surface area contributed by atoms with Crippen LogP contribution in [-0.2, 0) is 11.3 Å². The van der Waals surface area contributed by atoms with Crippen LogP contribution in [0.4, 0.5) is 11.4 Å². The fraction of sp³-hybridized carbons (Fsp3) is 0.389. The number of hydrogen-bond acceptors (Lipinski definition) is 4. The predicted octanol–water partition coefficient (Wildman–Crippen LogP) is 3.11. The lowest BCUT2D eigenvalue weighted by atomic mass is 10.1. The molecule has 1 atom stereocenters. The number of fused-ring (bicyclic) bond motifs is 1. The Kier molecular flexibility index (Phi) is 4.85. The molecule has 25 heavy (non-hydrogen) atoms. The predicted molar refractivity (Wildman–Crippen MR) is 95.5 cm³/mol. The Labute approximate surface area is 146 Å². The molecule has 2 aromatic rings. The molecular formula is C18H22N4O3. The molecule has 0 radical (unpaired) electrons. The summed E-state index contributed by atoms with van der Waals surface area (Å²) in [6, 6.07) is 8.93. The van der Waals surface area contributed by atoms with Crippen molar-refractivity contribution in [2.45, 2.75) is 32.9 Å². The minimum atomic E-state index is -0.438. The molecule has 2 heterocycles. The van der Waals surface area contributed by atoms with Gasteiger partial charge >= 0.3 is 0 Å². The zero-order valence-electron chi connectivity index (χ0n) is 14.4. The maximum Gasteiger partial charge on any atom is 0.269 e. The van der Waals surface area contributed by atoms with Gasteiger partial charge in [0.25, 0.3) is 5.69 Å². The number of amides is 1. The van der Waals surface area contributed by atoms with Gasteiger partial charge in [0.15, 0.2) is 0 Å². The van der Waals surface area contributed by atoms with E-state index < -0.39 is 4.92 Å². The molecule has 132 valence electrons. The topological polar surface area (TPSA) is 80.4 Å². The first kappa shape index (κ1) is 17.2. The number of carbonyl (C=O) groups is 1. The van der Waals surface area contributed by atoms with Gasteiger partial charge in [-0.25, -0.2) is 0 Å². The monoisotopic (exact) mass is 342 g/mol. The van der Waals surface area contributed by atoms with Crippen molar-refractivity contribution in [2.75, 3.05) is 18.4 Å². The molecule has 0 spiro atoms. The fourth-order valence-electron chi connectivity index (χ4n) is 3.29. The molecule has 1 aliphatic rings. The van der Waals surface area contributed by atoms with E-state index in [0.29, 0.717) is 24.2 Å². The van der Waals surface area contributed by atoms with Crippen molar-refractivity contribution in [2.24, 2.45) is 0 Å². The Hall–Kier alpha value is -2.67. The van der Waals surface area contributed by atoms with Gasteiger partial charge in [-0.3, -0.25) is 19.8 Å². The molecule has 3 rings (SSSR count). The van der Waals surface area contributed by atoms with Crippen molar-refractivity contribution >= 4 is 17.3 Å². The maximum absolute atomic E-state index is 12.3. The molecular weight excluding hydrogens is 320 g/mol. The van der Waals surface area contributed by atoms with Crippen molar-refractivity contribution in [3.05, 3.63) is 57.9 Å². The van der Waals surface area contributed by atoms with E-state index in [-0.39, 0.29) is 17.6 Å². The van der Waals surface area contributed by atoms with Gasteiger partial charge in [0.2, 0.25) is 5.91 Å². The van der Waals surface area contributed by atoms with Gasteiger partial charge in [-0.05, 0) is 37.6 Å². The van der Waals surface area contributed by atoms with Crippen LogP contribution in [0.25, 0.3) is 0 Å². The van der Waals surface area contributed by atoms with E-state index in [2.05, 4.69) is 40.0 Å². The summed E-state index contributed by atoms with van der Waals surface area (Å²) in [5, 5.41) is 13.6. The lowest BCUT2D eigenvalue weighted by Gasteiger charge is -2.34. The molecule has 0 fully saturated rings. The standard InChI is InChI=1S/C18H22N4O3/c1-13-12-15(22(24)25)5-6-16(13)19-18(23)7-9-20-10-11-21-8-3-4-17(21)14(20)2/h3-6,8,12,14H,7,9-11H2,1-2H3,(H,19,23). The highest BCUT2D eigenvalue weighted by atomic mass is 16.6. The Morgan fingerprint density at radius 3 is 2.88 bits per heavy atom. The van der Waals surface area contributed by atoms with Crippen molar-refractivity contribution < 1.29 is 9.72 Å². The molecule has 1 unspecified atom stereocenters. The van der Waals surface area contributed by atoms with Gasteiger partial charge in [0, 0.05) is 61.8 Å². The summed E-state index contributed by atoms with van der Waals surface area (Å²) in [5.41, 5.74) is 2.61. The number of rotatable bonds is 5. The molecule has 1 N–H and O–H groups in total. The van der Waals surface area contributed by atoms with Crippen molar-refractivity contribution in [1.29, 1.82) is 0 Å². The van der Waals surface area contributed by atoms with Crippen LogP contribution in [0.1, 0.15) is 30.6 Å². The average Bonchev–Trinajstić information content (AvgIpc) is 3.05. The number of hydrogen-bond donors (Lipinski definition) is 1. The Morgan fingerprint density at radius 1 is 1.36 bits per heavy atom. The Bertz CT molecular complexity index is 799. The molecule has 0 bridgehead atoms. The third kappa shape index (κ3) is 3.71. The van der Waals surface area contributed by atoms with Crippen molar-refractivity contribution in [3.8, 4) is 0 Å². The first-order valence-electron chi connectivity index (χ1n) is 8.39. The molecule has 0 aliphatic carbocycles. The van der Waals surface area contributed by atoms with E-state index in [0.717, 1.165) is 13.1 Å². The van der Waals surface area contributed by atoms with Crippen LogP contribution < -0.4 is 5.32 Å². The van der Waals surface area contributed by atoms with Crippen LogP contribution in [0, 0.1) is 17.0 Å². The lowest BCUT2D eigenvalue weighted by molar-refractivity contribution is -0.384. The maximum atomic E-state index is 12.3. The summed E-state index contributed by atoms with van der Waals surface area (Å²) in [6.07, 6.45) is 2.48. The van der Waals surface area contributed by atoms with Gasteiger partial charge in [-0.1, -0.05) is 0 Å². The van der Waals surface area contributed by atoms with Gasteiger partial charge in [-0.15, -0.1) is 0 Å². The highest BCUT2D eigenvalue weighted by Gasteiger charge is 2.23. The van der Waals surface area contributed by atoms with Crippen LogP contribution in [-0.4, -0.2) is 33.4 Å². The Balaban J connectivity index is 1.56. The average molecular weight is 342 g/mol. The van der Waals surface area contributed by atoms with E-state index in [1.54, 1.807) is 13.0 Å². The second-order valence-electron chi connectivity index (χ2n) is 6.39. The summed E-state index contributed by atoms with van der Waals surface area (Å²) < 4.78 is 2.25. The number of nitrogens with zero attached hydrogens (tertiary/aromatic N) is 3. The summed E-state index contributed by atoms with van der Waals surface area (Å²) in [7, 11) is 0. The third-order valence-electron chi connectivity index (χ3n) is 4.79. The number of anilines is 1. The van der Waals surface area contributed by atoms with E-state index in [9.17, 15) is 14.9 Å². The molecule has 1 aromatic heterocycles. The van der Waals surface area contributed by atoms with Crippen LogP contribution in [0.5, 0.6) is 0 Å². The first-order chi connectivity index (χ1) is 12.0. The van der Waals surface area contributed by atoms with E-state index >= 15 is 0 Å². The lowest BCUT2D eigenvalue weighted by Crippen LogP contribution is -2.38. The van der Waals surface area contributed by atoms with Gasteiger partial charge in [0.05, 0.1) is 4.92 Å². The molecule has 7 heteroatoms. The fourth-order valence-corrected chi connectivity index (χ4v) is 3.29. The number of aryl methyl sites for hydroxylation is 1. The Morgan fingerprint density at radius 2 is 2.16 bits per heavy atom. The molecule has 0 saturated carbocycles. The second kappa shape index (κ2) is 7.06. The van der Waals surface area contributed by atoms with Crippen molar-refractivity contribution in [1.82, 2.24) is 9.47 Å². The smallest absolute Gasteiger partial charge is 0.269 e. The summed E-state index contributed by atoms with van der Waals surface area (Å²) >= 11 is 0. The van der Waals surface area contributed by atoms with E-state index in [1.165, 1.54) is 17.8 Å². The van der Waals surface area contributed by atoms with Gasteiger partial charge in [-0.2, -0.15) is 0 Å². The minimum Gasteiger partial charge on any atom is -0.349 e. The van der Waals surface area contributed by atoms with E-state index in [4.69, 9.17) is 0 Å². The van der Waals surface area contributed by atoms with Crippen LogP contribution >= 0.6 is 0 Å². The highest BCUT2D eigenvalue weighted by Crippen LogP contribution is 2.25. The summed E-state index contributed by atoms with van der Waals surface area (Å²) in [4.78, 5) is 24.9. The van der Waals surface area contributed by atoms with E-state index in [1.807, 2.05) is 0 Å². The number of aromatic nitrogens is 1. The van der Waals surface area contributed by atoms with Crippen LogP contribution in [0.3, 0.4) is 0 Å². The van der Waals surface area contributed by atoms with Gasteiger partial charge in [0.1, 0.15) is 0 Å². The summed E-state index contributed by atoms with van der Waals surface area (Å²) in [5.74, 6) is -0.0786. The minimum absolute atomic E-state index is 0.0284. The zero-order valence-corrected chi connectivity index (χ0v) is 14.4. The molecule has 1 aliphatic heterocycles. The number of non-ortho nitro benzene ring substituents is 1. The SMILES string of the molecule is Cc1cc([N+](=O)[O-])ccc1NC(=O)CCN1CCn2cccc2C1C. The largest absolute Gasteiger partial charge is 0.349 e. The number of benzene rings is 1. The first-order valence-corrected chi connectivity index (χ1v) is 8.39. The van der Waals surface area contributed by atoms with Gasteiger partial charge < -0.3 is 9.88 Å². The quantitative estimate of drug-likeness (QED) is 0.669. The number of nitrogens with one attached hydrogen (secondary N) is 1. The number of nitro groups is 1. The van der Waals surface area contributed by atoms with Crippen molar-refractivity contribution in [3.63, 3.8) is 0 Å². The number of carbonyl (C=O) groups excluding carboxylic acids is 1. The van der Waals surface area contributed by atoms with Crippen LogP contribution in [0.15, 0.2) is 36.5 Å². The number of nitro benzene ring substituents is 1. The van der Waals surface area contributed by atoms with Crippen LogP contribution in [0.2, 0.25) is 0 Å². The molecule has 1 aromatic carbocycles. The zero-order chi connectivity index (χ0) is 18.0. The molecule has 7 nitrogen and oxygen atoms in total.